The minimum Gasteiger partial charge on any atom is -0.400 e. The summed E-state index contributed by atoms with van der Waals surface area (Å²) in [7, 11) is 2.84. The van der Waals surface area contributed by atoms with Crippen LogP contribution in [0.3, 0.4) is 0 Å². The maximum Gasteiger partial charge on any atom is 0.267 e. The van der Waals surface area contributed by atoms with Gasteiger partial charge >= 0.3 is 0 Å². The monoisotopic (exact) mass is 355 g/mol. The zero-order chi connectivity index (χ0) is 19.2. The van der Waals surface area contributed by atoms with E-state index in [2.05, 4.69) is 22.4 Å². The summed E-state index contributed by atoms with van der Waals surface area (Å²) in [5, 5.41) is 18.6. The Hall–Kier alpha value is -2.96. The number of rotatable bonds is 7. The van der Waals surface area contributed by atoms with Crippen LogP contribution >= 0.6 is 0 Å². The highest BCUT2D eigenvalue weighted by Crippen LogP contribution is 2.26. The van der Waals surface area contributed by atoms with Gasteiger partial charge < -0.3 is 10.4 Å². The van der Waals surface area contributed by atoms with Gasteiger partial charge in [-0.15, -0.1) is 0 Å². The number of nitrogens with one attached hydrogen (secondary N) is 2. The Morgan fingerprint density at radius 3 is 2.54 bits per heavy atom. The number of benzene rings is 2. The summed E-state index contributed by atoms with van der Waals surface area (Å²) in [4.78, 5) is 15.6. The Balaban J connectivity index is 0.00000163. The van der Waals surface area contributed by atoms with Gasteiger partial charge in [0.1, 0.15) is 0 Å². The zero-order valence-electron chi connectivity index (χ0n) is 15.0. The highest BCUT2D eigenvalue weighted by molar-refractivity contribution is 5.91. The van der Waals surface area contributed by atoms with E-state index < -0.39 is 5.91 Å². The van der Waals surface area contributed by atoms with Crippen molar-refractivity contribution in [3.8, 4) is 0 Å². The van der Waals surface area contributed by atoms with E-state index in [-0.39, 0.29) is 0 Å². The number of nitrogens with zero attached hydrogens (tertiary/aromatic N) is 1. The second kappa shape index (κ2) is 12.4. The van der Waals surface area contributed by atoms with Gasteiger partial charge in [-0.25, -0.2) is 5.48 Å². The first kappa shape index (κ1) is 21.1. The lowest BCUT2D eigenvalue weighted by Crippen LogP contribution is -2.14. The number of hydroxylamine groups is 1. The van der Waals surface area contributed by atoms with Crippen LogP contribution in [0.25, 0.3) is 6.08 Å². The molecule has 0 aliphatic carbocycles. The number of aliphatic hydroxyl groups excluding tert-OH is 1. The minimum absolute atomic E-state index is 0.569. The molecule has 2 rings (SSSR count). The van der Waals surface area contributed by atoms with Gasteiger partial charge in [-0.1, -0.05) is 36.4 Å². The van der Waals surface area contributed by atoms with Crippen LogP contribution < -0.4 is 10.8 Å². The summed E-state index contributed by atoms with van der Waals surface area (Å²) >= 11 is 0. The molecule has 0 atom stereocenters. The molecule has 0 saturated heterocycles. The molecule has 0 unspecified atom stereocenters. The van der Waals surface area contributed by atoms with Gasteiger partial charge in [0.05, 0.1) is 11.4 Å². The highest BCUT2D eigenvalue weighted by Gasteiger charge is 2.00. The van der Waals surface area contributed by atoms with Crippen LogP contribution in [0.5, 0.6) is 0 Å². The van der Waals surface area contributed by atoms with Crippen LogP contribution in [0.2, 0.25) is 0 Å². The molecule has 0 aliphatic heterocycles. The average molecular weight is 355 g/mol. The van der Waals surface area contributed by atoms with Crippen LogP contribution in [0.4, 0.5) is 11.4 Å². The molecule has 26 heavy (non-hydrogen) atoms. The Morgan fingerprint density at radius 2 is 1.88 bits per heavy atom. The zero-order valence-corrected chi connectivity index (χ0v) is 15.0. The largest absolute Gasteiger partial charge is 0.400 e. The molecule has 0 aromatic heterocycles. The van der Waals surface area contributed by atoms with E-state index in [4.69, 9.17) is 10.3 Å². The molecule has 0 heterocycles. The highest BCUT2D eigenvalue weighted by atomic mass is 16.5. The van der Waals surface area contributed by atoms with Crippen molar-refractivity contribution in [2.45, 2.75) is 12.8 Å². The number of aryl methyl sites for hydroxylation is 1. The molecule has 0 fully saturated rings. The van der Waals surface area contributed by atoms with Crippen LogP contribution in [-0.2, 0) is 11.2 Å². The van der Waals surface area contributed by atoms with E-state index >= 15 is 0 Å². The molecule has 4 N–H and O–H groups in total. The van der Waals surface area contributed by atoms with E-state index in [1.165, 1.54) is 11.6 Å². The predicted molar refractivity (Wildman–Crippen MR) is 106 cm³/mol. The first-order valence-corrected chi connectivity index (χ1v) is 8.18. The second-order valence-electron chi connectivity index (χ2n) is 5.17. The van der Waals surface area contributed by atoms with Crippen LogP contribution in [0, 0.1) is 0 Å². The summed E-state index contributed by atoms with van der Waals surface area (Å²) in [6.45, 7) is 0. The molecule has 1 amide bonds. The van der Waals surface area contributed by atoms with Crippen molar-refractivity contribution in [1.29, 1.82) is 0 Å². The molecular weight excluding hydrogens is 330 g/mol. The molecule has 2 aromatic rings. The lowest BCUT2D eigenvalue weighted by atomic mass is 10.1. The molecular formula is C20H25N3O3. The second-order valence-corrected chi connectivity index (χ2v) is 5.17. The Labute approximate surface area is 153 Å². The fourth-order valence-corrected chi connectivity index (χ4v) is 2.22. The van der Waals surface area contributed by atoms with Crippen molar-refractivity contribution < 1.29 is 15.1 Å². The van der Waals surface area contributed by atoms with E-state index in [1.54, 1.807) is 11.6 Å². The normalized spacial score (nSPS) is 10.5. The number of carbonyl (C=O) groups excluding carboxylic acids is 1. The van der Waals surface area contributed by atoms with Crippen LogP contribution in [-0.4, -0.2) is 36.6 Å². The lowest BCUT2D eigenvalue weighted by molar-refractivity contribution is -0.124. The van der Waals surface area contributed by atoms with Gasteiger partial charge in [0.15, 0.2) is 0 Å². The van der Waals surface area contributed by atoms with Gasteiger partial charge in [-0.3, -0.25) is 15.0 Å². The summed E-state index contributed by atoms with van der Waals surface area (Å²) in [5.41, 5.74) is 5.39. The third kappa shape index (κ3) is 7.29. The fraction of sp³-hybridized carbons (Fsp3) is 0.200. The summed E-state index contributed by atoms with van der Waals surface area (Å²) in [6.07, 6.45) is 6.57. The standard InChI is InChI=1S/C19H21N3O2.CH4O/c1-20-17-11-9-16(10-12-19(23)22-24)14-18(17)21-13-5-8-15-6-3-2-4-7-15;1-2/h2-4,6-7,9-14,20,24H,5,8H2,1H3,(H,22,23);2H,1H3/b12-10+,21-13?;. The van der Waals surface area contributed by atoms with Crippen molar-refractivity contribution in [3.05, 3.63) is 65.7 Å². The van der Waals surface area contributed by atoms with E-state index in [1.807, 2.05) is 49.7 Å². The van der Waals surface area contributed by atoms with Gasteiger partial charge in [-0.2, -0.15) is 0 Å². The number of anilines is 1. The number of aliphatic imine (C=N–C) groups is 1. The average Bonchev–Trinajstić information content (AvgIpc) is 2.71. The lowest BCUT2D eigenvalue weighted by Gasteiger charge is -2.06. The molecule has 6 heteroatoms. The minimum atomic E-state index is -0.569. The Morgan fingerprint density at radius 1 is 1.15 bits per heavy atom. The number of carbonyl (C=O) groups is 1. The number of hydrogen-bond acceptors (Lipinski definition) is 5. The topological polar surface area (TPSA) is 94.0 Å². The SMILES string of the molecule is CNc1ccc(/C=C/C(=O)NO)cc1N=CCCc1ccccc1.CO. The third-order valence-corrected chi connectivity index (χ3v) is 3.46. The van der Waals surface area contributed by atoms with Gasteiger partial charge in [0, 0.05) is 26.4 Å². The first-order valence-electron chi connectivity index (χ1n) is 8.18. The molecule has 138 valence electrons. The van der Waals surface area contributed by atoms with Gasteiger partial charge in [-0.05, 0) is 42.2 Å². The molecule has 0 spiro atoms. The van der Waals surface area contributed by atoms with Crippen molar-refractivity contribution in [2.75, 3.05) is 19.5 Å². The predicted octanol–water partition coefficient (Wildman–Crippen LogP) is 3.19. The van der Waals surface area contributed by atoms with E-state index in [0.29, 0.717) is 0 Å². The summed E-state index contributed by atoms with van der Waals surface area (Å²) in [6, 6.07) is 15.9. The molecule has 0 saturated carbocycles. The number of aliphatic hydroxyl groups is 1. The number of hydrogen-bond donors (Lipinski definition) is 4. The summed E-state index contributed by atoms with van der Waals surface area (Å²) < 4.78 is 0. The van der Waals surface area contributed by atoms with E-state index in [9.17, 15) is 4.79 Å². The van der Waals surface area contributed by atoms with Crippen molar-refractivity contribution in [1.82, 2.24) is 5.48 Å². The smallest absolute Gasteiger partial charge is 0.267 e. The van der Waals surface area contributed by atoms with Gasteiger partial charge in [0.25, 0.3) is 5.91 Å². The quantitative estimate of drug-likeness (QED) is 0.266. The number of amides is 1. The van der Waals surface area contributed by atoms with Gasteiger partial charge in [0.2, 0.25) is 0 Å². The molecule has 0 bridgehead atoms. The van der Waals surface area contributed by atoms with E-state index in [0.717, 1.165) is 36.9 Å². The molecule has 0 radical (unpaired) electrons. The van der Waals surface area contributed by atoms with Crippen LogP contribution in [0.1, 0.15) is 17.5 Å². The van der Waals surface area contributed by atoms with Crippen molar-refractivity contribution >= 4 is 29.6 Å². The molecule has 0 aliphatic rings. The van der Waals surface area contributed by atoms with Crippen molar-refractivity contribution in [2.24, 2.45) is 4.99 Å². The molecule has 2 aromatic carbocycles. The van der Waals surface area contributed by atoms with Crippen molar-refractivity contribution in [3.63, 3.8) is 0 Å². The Bertz CT molecular complexity index is 728. The summed E-state index contributed by atoms with van der Waals surface area (Å²) in [5.74, 6) is -0.569. The maximum atomic E-state index is 11.0. The fourth-order valence-electron chi connectivity index (χ4n) is 2.22. The first-order chi connectivity index (χ1) is 12.7. The third-order valence-electron chi connectivity index (χ3n) is 3.46. The molecule has 6 nitrogen and oxygen atoms in total. The maximum absolute atomic E-state index is 11.0. The van der Waals surface area contributed by atoms with Crippen LogP contribution in [0.15, 0.2) is 59.6 Å². The Kier molecular flexibility index (Phi) is 10.1.